The summed E-state index contributed by atoms with van der Waals surface area (Å²) >= 11 is 0. The van der Waals surface area contributed by atoms with E-state index in [1.54, 1.807) is 18.2 Å². The lowest BCUT2D eigenvalue weighted by Gasteiger charge is -2.55. The van der Waals surface area contributed by atoms with Crippen molar-refractivity contribution in [3.63, 3.8) is 0 Å². The molecular formula is C24H31N5O3. The van der Waals surface area contributed by atoms with Crippen molar-refractivity contribution >= 4 is 28.7 Å². The fourth-order valence-corrected chi connectivity index (χ4v) is 6.61. The van der Waals surface area contributed by atoms with Crippen molar-refractivity contribution < 1.29 is 9.59 Å². The summed E-state index contributed by atoms with van der Waals surface area (Å²) in [5.41, 5.74) is 5.61. The quantitative estimate of drug-likeness (QED) is 0.578. The van der Waals surface area contributed by atoms with E-state index in [1.165, 1.54) is 23.8 Å². The molecule has 4 aliphatic carbocycles. The Hall–Kier alpha value is -2.90. The monoisotopic (exact) mass is 437 g/mol. The van der Waals surface area contributed by atoms with Crippen LogP contribution >= 0.6 is 0 Å². The molecule has 2 aromatic rings. The van der Waals surface area contributed by atoms with Crippen molar-refractivity contribution in [1.29, 1.82) is 0 Å². The zero-order valence-electron chi connectivity index (χ0n) is 18.5. The smallest absolute Gasteiger partial charge is 0.262 e. The summed E-state index contributed by atoms with van der Waals surface area (Å²) in [5.74, 6) is 2.30. The lowest BCUT2D eigenvalue weighted by molar-refractivity contribution is -0.146. The summed E-state index contributed by atoms with van der Waals surface area (Å²) in [5, 5.41) is 3.57. The molecule has 0 unspecified atom stereocenters. The molecule has 8 heteroatoms. The third-order valence-electron chi connectivity index (χ3n) is 7.65. The first-order chi connectivity index (χ1) is 15.5. The van der Waals surface area contributed by atoms with Gasteiger partial charge in [0, 0.05) is 24.9 Å². The number of hydrogen-bond acceptors (Lipinski definition) is 5. The van der Waals surface area contributed by atoms with Gasteiger partial charge in [0.2, 0.25) is 17.8 Å². The number of carbonyl (C=O) groups is 2. The van der Waals surface area contributed by atoms with Gasteiger partial charge in [-0.1, -0.05) is 12.1 Å². The molecule has 2 amide bonds. The van der Waals surface area contributed by atoms with Gasteiger partial charge in [0.25, 0.3) is 5.56 Å². The van der Waals surface area contributed by atoms with Gasteiger partial charge >= 0.3 is 0 Å². The van der Waals surface area contributed by atoms with Crippen molar-refractivity contribution in [2.24, 2.45) is 23.2 Å². The highest BCUT2D eigenvalue weighted by Gasteiger charge is 2.54. The predicted molar refractivity (Wildman–Crippen MR) is 122 cm³/mol. The zero-order chi connectivity index (χ0) is 22.3. The van der Waals surface area contributed by atoms with Crippen LogP contribution in [0.4, 0.5) is 5.95 Å². The first kappa shape index (κ1) is 21.0. The third-order valence-corrected chi connectivity index (χ3v) is 7.65. The van der Waals surface area contributed by atoms with Crippen LogP contribution in [0, 0.1) is 23.2 Å². The Kier molecular flexibility index (Phi) is 5.39. The maximum Gasteiger partial charge on any atom is 0.262 e. The fourth-order valence-electron chi connectivity index (χ4n) is 6.61. The molecule has 1 aromatic heterocycles. The fraction of sp³-hybridized carbons (Fsp3) is 0.583. The van der Waals surface area contributed by atoms with Crippen LogP contribution in [-0.4, -0.2) is 27.9 Å². The summed E-state index contributed by atoms with van der Waals surface area (Å²) < 4.78 is 1.48. The van der Waals surface area contributed by atoms with Crippen LogP contribution in [-0.2, 0) is 16.1 Å². The molecule has 0 saturated heterocycles. The highest BCUT2D eigenvalue weighted by atomic mass is 16.2. The number of hydrogen-bond donors (Lipinski definition) is 3. The molecule has 8 nitrogen and oxygen atoms in total. The van der Waals surface area contributed by atoms with E-state index in [0.29, 0.717) is 47.7 Å². The van der Waals surface area contributed by atoms with Gasteiger partial charge in [-0.15, -0.1) is 0 Å². The molecule has 4 bridgehead atoms. The zero-order valence-corrected chi connectivity index (χ0v) is 18.5. The van der Waals surface area contributed by atoms with E-state index in [4.69, 9.17) is 0 Å². The van der Waals surface area contributed by atoms with E-state index < -0.39 is 0 Å². The molecule has 4 fully saturated rings. The van der Waals surface area contributed by atoms with E-state index in [-0.39, 0.29) is 29.2 Å². The van der Waals surface area contributed by atoms with E-state index >= 15 is 0 Å². The predicted octanol–water partition coefficient (Wildman–Crippen LogP) is 2.58. The molecule has 170 valence electrons. The molecule has 4 aliphatic rings. The Morgan fingerprint density at radius 2 is 1.75 bits per heavy atom. The number of nitrogens with zero attached hydrogens (tertiary/aromatic N) is 2. The Balaban J connectivity index is 1.15. The lowest BCUT2D eigenvalue weighted by Crippen LogP contribution is -2.53. The lowest BCUT2D eigenvalue weighted by atomic mass is 9.49. The Morgan fingerprint density at radius 3 is 2.41 bits per heavy atom. The van der Waals surface area contributed by atoms with E-state index in [1.807, 2.05) is 13.0 Å². The number of aromatic nitrogens is 2. The number of fused-ring (bicyclic) bond motifs is 1. The van der Waals surface area contributed by atoms with Crippen LogP contribution in [0.15, 0.2) is 29.1 Å². The van der Waals surface area contributed by atoms with Crippen LogP contribution < -0.4 is 21.7 Å². The number of anilines is 1. The van der Waals surface area contributed by atoms with Crippen LogP contribution in [0.1, 0.15) is 51.9 Å². The van der Waals surface area contributed by atoms with Gasteiger partial charge in [-0.05, 0) is 75.3 Å². The van der Waals surface area contributed by atoms with E-state index in [9.17, 15) is 14.4 Å². The first-order valence-corrected chi connectivity index (χ1v) is 11.8. The minimum atomic E-state index is -0.263. The molecular weight excluding hydrogens is 406 g/mol. The molecule has 32 heavy (non-hydrogen) atoms. The van der Waals surface area contributed by atoms with Crippen LogP contribution in [0.2, 0.25) is 0 Å². The highest BCUT2D eigenvalue weighted by molar-refractivity contribution is 5.84. The minimum absolute atomic E-state index is 0.133. The van der Waals surface area contributed by atoms with Crippen molar-refractivity contribution in [3.05, 3.63) is 34.6 Å². The second-order valence-corrected chi connectivity index (χ2v) is 9.88. The van der Waals surface area contributed by atoms with Crippen LogP contribution in [0.25, 0.3) is 10.9 Å². The van der Waals surface area contributed by atoms with Crippen molar-refractivity contribution in [2.45, 2.75) is 58.4 Å². The van der Waals surface area contributed by atoms with Gasteiger partial charge in [-0.25, -0.2) is 4.98 Å². The summed E-state index contributed by atoms with van der Waals surface area (Å²) in [6.45, 7) is 2.58. The number of para-hydroxylation sites is 1. The van der Waals surface area contributed by atoms with E-state index in [0.717, 1.165) is 19.3 Å². The molecule has 0 radical (unpaired) electrons. The van der Waals surface area contributed by atoms with Gasteiger partial charge in [0.15, 0.2) is 0 Å². The minimum Gasteiger partial charge on any atom is -0.355 e. The van der Waals surface area contributed by atoms with Gasteiger partial charge in [0.05, 0.1) is 10.9 Å². The van der Waals surface area contributed by atoms with Gasteiger partial charge < -0.3 is 5.32 Å². The van der Waals surface area contributed by atoms with E-state index in [2.05, 4.69) is 21.2 Å². The standard InChI is InChI=1S/C24H31N5O3/c1-2-29-21(31)18-5-3-4-6-19(18)26-23(29)28-27-20(30)7-8-25-22(32)24-12-15-9-16(13-24)11-17(10-15)14-24/h3-6,15-17H,2,7-14H2,1H3,(H,25,32)(H,26,28)(H,27,30). The molecule has 3 N–H and O–H groups in total. The molecule has 4 saturated carbocycles. The second kappa shape index (κ2) is 8.22. The molecule has 1 heterocycles. The number of benzene rings is 1. The highest BCUT2D eigenvalue weighted by Crippen LogP contribution is 2.60. The largest absolute Gasteiger partial charge is 0.355 e. The molecule has 1 aromatic carbocycles. The molecule has 0 aliphatic heterocycles. The van der Waals surface area contributed by atoms with Crippen molar-refractivity contribution in [1.82, 2.24) is 20.3 Å². The Labute approximate surface area is 187 Å². The maximum absolute atomic E-state index is 13.0. The molecule has 0 atom stereocenters. The normalized spacial score (nSPS) is 28.0. The molecule has 0 spiro atoms. The van der Waals surface area contributed by atoms with Gasteiger partial charge in [-0.3, -0.25) is 29.8 Å². The first-order valence-electron chi connectivity index (χ1n) is 11.8. The topological polar surface area (TPSA) is 105 Å². The van der Waals surface area contributed by atoms with Crippen molar-refractivity contribution in [2.75, 3.05) is 12.0 Å². The van der Waals surface area contributed by atoms with Crippen LogP contribution in [0.3, 0.4) is 0 Å². The second-order valence-electron chi connectivity index (χ2n) is 9.88. The van der Waals surface area contributed by atoms with Gasteiger partial charge in [-0.2, -0.15) is 0 Å². The number of hydrazine groups is 1. The number of rotatable bonds is 7. The number of amides is 2. The summed E-state index contributed by atoms with van der Waals surface area (Å²) in [4.78, 5) is 42.5. The average Bonchev–Trinajstić information content (AvgIpc) is 2.77. The number of nitrogens with one attached hydrogen (secondary N) is 3. The number of carbonyl (C=O) groups excluding carboxylic acids is 2. The third kappa shape index (κ3) is 3.76. The maximum atomic E-state index is 13.0. The van der Waals surface area contributed by atoms with Crippen LogP contribution in [0.5, 0.6) is 0 Å². The van der Waals surface area contributed by atoms with Crippen molar-refractivity contribution in [3.8, 4) is 0 Å². The summed E-state index contributed by atoms with van der Waals surface area (Å²) in [6.07, 6.45) is 7.10. The summed E-state index contributed by atoms with van der Waals surface area (Å²) in [6, 6.07) is 7.13. The summed E-state index contributed by atoms with van der Waals surface area (Å²) in [7, 11) is 0. The Morgan fingerprint density at radius 1 is 1.09 bits per heavy atom. The Bertz CT molecular complexity index is 1070. The SMILES string of the molecule is CCn1c(NNC(=O)CCNC(=O)C23CC4CC(CC(C4)C2)C3)nc2ccccc2c1=O. The average molecular weight is 438 g/mol. The molecule has 6 rings (SSSR count). The van der Waals surface area contributed by atoms with Gasteiger partial charge in [0.1, 0.15) is 0 Å².